The van der Waals surface area contributed by atoms with Crippen molar-refractivity contribution in [1.29, 1.82) is 0 Å². The van der Waals surface area contributed by atoms with E-state index in [2.05, 4.69) is 30.9 Å². The zero-order valence-corrected chi connectivity index (χ0v) is 24.5. The third-order valence-electron chi connectivity index (χ3n) is 7.61. The molecule has 0 bridgehead atoms. The lowest BCUT2D eigenvalue weighted by molar-refractivity contribution is -0.142. The molecule has 1 amide bonds. The van der Waals surface area contributed by atoms with Gasteiger partial charge in [-0.1, -0.05) is 65.8 Å². The van der Waals surface area contributed by atoms with Gasteiger partial charge in [0.05, 0.1) is 41.0 Å². The zero-order valence-electron chi connectivity index (χ0n) is 23.7. The number of carbonyl (C=O) groups excluding carboxylic acids is 2. The molecule has 39 heavy (non-hydrogen) atoms. The van der Waals surface area contributed by atoms with E-state index in [0.717, 1.165) is 21.6 Å². The SMILES string of the molecule is CC(CC(=O)C1CC(O)CN1C(=O)C(C(C)C)n1cc(C(C)(C)C)cn1)c1ccc(-c2scnc2CO)cc1. The summed E-state index contributed by atoms with van der Waals surface area (Å²) in [5.74, 6) is -0.313. The molecule has 0 aliphatic carbocycles. The number of thiazole rings is 1. The number of likely N-dealkylation sites (tertiary alicyclic amines) is 1. The highest BCUT2D eigenvalue weighted by molar-refractivity contribution is 7.13. The van der Waals surface area contributed by atoms with Crippen LogP contribution in [0.25, 0.3) is 10.4 Å². The van der Waals surface area contributed by atoms with Crippen molar-refractivity contribution in [2.45, 2.75) is 90.5 Å². The molecule has 1 aliphatic rings. The van der Waals surface area contributed by atoms with Gasteiger partial charge in [-0.2, -0.15) is 5.10 Å². The number of benzene rings is 1. The number of ketones is 1. The fourth-order valence-electron chi connectivity index (χ4n) is 5.25. The van der Waals surface area contributed by atoms with E-state index in [1.807, 2.05) is 51.2 Å². The molecule has 3 aromatic rings. The Bertz CT molecular complexity index is 1290. The lowest BCUT2D eigenvalue weighted by Crippen LogP contribution is -2.45. The molecule has 0 spiro atoms. The van der Waals surface area contributed by atoms with Crippen molar-refractivity contribution in [2.75, 3.05) is 6.54 Å². The Morgan fingerprint density at radius 3 is 2.44 bits per heavy atom. The summed E-state index contributed by atoms with van der Waals surface area (Å²) in [6.45, 7) is 12.3. The van der Waals surface area contributed by atoms with Gasteiger partial charge < -0.3 is 15.1 Å². The number of aliphatic hydroxyl groups excluding tert-OH is 2. The lowest BCUT2D eigenvalue weighted by atomic mass is 9.90. The van der Waals surface area contributed by atoms with Gasteiger partial charge in [0.2, 0.25) is 5.91 Å². The minimum Gasteiger partial charge on any atom is -0.391 e. The van der Waals surface area contributed by atoms with Gasteiger partial charge in [-0.15, -0.1) is 11.3 Å². The second-order valence-electron chi connectivity index (χ2n) is 12.0. The van der Waals surface area contributed by atoms with Crippen LogP contribution in [0, 0.1) is 5.92 Å². The molecule has 8 nitrogen and oxygen atoms in total. The highest BCUT2D eigenvalue weighted by atomic mass is 32.1. The molecule has 1 aromatic carbocycles. The number of aromatic nitrogens is 3. The molecule has 1 fully saturated rings. The minimum atomic E-state index is -0.729. The number of carbonyl (C=O) groups is 2. The highest BCUT2D eigenvalue weighted by Gasteiger charge is 2.42. The van der Waals surface area contributed by atoms with E-state index in [9.17, 15) is 19.8 Å². The van der Waals surface area contributed by atoms with Crippen LogP contribution >= 0.6 is 11.3 Å². The molecule has 1 aliphatic heterocycles. The van der Waals surface area contributed by atoms with Gasteiger partial charge in [-0.25, -0.2) is 4.98 Å². The van der Waals surface area contributed by atoms with Gasteiger partial charge in [-0.3, -0.25) is 14.3 Å². The first kappa shape index (κ1) is 29.1. The molecule has 1 saturated heterocycles. The lowest BCUT2D eigenvalue weighted by Gasteiger charge is -2.30. The van der Waals surface area contributed by atoms with Crippen LogP contribution in [0.1, 0.15) is 83.2 Å². The molecule has 4 rings (SSSR count). The summed E-state index contributed by atoms with van der Waals surface area (Å²) >= 11 is 1.48. The molecule has 2 aromatic heterocycles. The number of nitrogens with zero attached hydrogens (tertiary/aromatic N) is 4. The van der Waals surface area contributed by atoms with Crippen molar-refractivity contribution in [2.24, 2.45) is 5.92 Å². The molecule has 3 heterocycles. The van der Waals surface area contributed by atoms with E-state index in [4.69, 9.17) is 0 Å². The molecule has 4 atom stereocenters. The molecule has 210 valence electrons. The summed E-state index contributed by atoms with van der Waals surface area (Å²) in [4.78, 5) is 34.1. The van der Waals surface area contributed by atoms with Gasteiger partial charge in [0.15, 0.2) is 5.78 Å². The van der Waals surface area contributed by atoms with Crippen LogP contribution in [-0.4, -0.2) is 60.3 Å². The molecule has 2 N–H and O–H groups in total. The summed E-state index contributed by atoms with van der Waals surface area (Å²) in [5, 5.41) is 24.5. The average molecular weight is 553 g/mol. The Kier molecular flexibility index (Phi) is 8.73. The van der Waals surface area contributed by atoms with Crippen molar-refractivity contribution in [3.8, 4) is 10.4 Å². The van der Waals surface area contributed by atoms with Crippen LogP contribution in [0.2, 0.25) is 0 Å². The van der Waals surface area contributed by atoms with E-state index < -0.39 is 18.2 Å². The quantitative estimate of drug-likeness (QED) is 0.398. The summed E-state index contributed by atoms with van der Waals surface area (Å²) in [6.07, 6.45) is 3.52. The predicted octanol–water partition coefficient (Wildman–Crippen LogP) is 4.72. The number of aliphatic hydroxyl groups is 2. The Morgan fingerprint density at radius 2 is 1.85 bits per heavy atom. The first-order valence-electron chi connectivity index (χ1n) is 13.6. The van der Waals surface area contributed by atoms with Gasteiger partial charge >= 0.3 is 0 Å². The molecule has 9 heteroatoms. The number of hydrogen-bond donors (Lipinski definition) is 2. The van der Waals surface area contributed by atoms with Crippen LogP contribution in [0.5, 0.6) is 0 Å². The molecule has 0 radical (unpaired) electrons. The Morgan fingerprint density at radius 1 is 1.15 bits per heavy atom. The number of rotatable bonds is 9. The third-order valence-corrected chi connectivity index (χ3v) is 8.53. The summed E-state index contributed by atoms with van der Waals surface area (Å²) in [5.41, 5.74) is 5.32. The first-order valence-corrected chi connectivity index (χ1v) is 14.5. The third kappa shape index (κ3) is 6.31. The van der Waals surface area contributed by atoms with Crippen molar-refractivity contribution < 1.29 is 19.8 Å². The topological polar surface area (TPSA) is 109 Å². The average Bonchev–Trinajstić information content (AvgIpc) is 3.63. The summed E-state index contributed by atoms with van der Waals surface area (Å²) < 4.78 is 1.72. The van der Waals surface area contributed by atoms with E-state index in [0.29, 0.717) is 5.69 Å². The maximum absolute atomic E-state index is 13.8. The number of hydrogen-bond acceptors (Lipinski definition) is 7. The summed E-state index contributed by atoms with van der Waals surface area (Å²) in [7, 11) is 0. The van der Waals surface area contributed by atoms with Gasteiger partial charge in [0.1, 0.15) is 6.04 Å². The monoisotopic (exact) mass is 552 g/mol. The Hall–Kier alpha value is -2.88. The van der Waals surface area contributed by atoms with Gasteiger partial charge in [0, 0.05) is 25.6 Å². The van der Waals surface area contributed by atoms with Crippen LogP contribution in [0.15, 0.2) is 42.2 Å². The van der Waals surface area contributed by atoms with Crippen molar-refractivity contribution >= 4 is 23.0 Å². The Balaban J connectivity index is 1.48. The maximum atomic E-state index is 13.8. The minimum absolute atomic E-state index is 0.0407. The second-order valence-corrected chi connectivity index (χ2v) is 12.9. The van der Waals surface area contributed by atoms with E-state index in [-0.39, 0.29) is 54.9 Å². The maximum Gasteiger partial charge on any atom is 0.248 e. The van der Waals surface area contributed by atoms with E-state index >= 15 is 0 Å². The molecule has 4 unspecified atom stereocenters. The van der Waals surface area contributed by atoms with Gasteiger partial charge in [0.25, 0.3) is 0 Å². The molecule has 0 saturated carbocycles. The van der Waals surface area contributed by atoms with E-state index in [1.165, 1.54) is 11.3 Å². The number of amides is 1. The van der Waals surface area contributed by atoms with Crippen molar-refractivity contribution in [1.82, 2.24) is 19.7 Å². The standard InChI is InChI=1S/C30H40N4O4S/c1-18(2)27(34-14-22(13-32-34)30(4,5)6)29(38)33-15-23(36)12-25(33)26(37)11-19(3)20-7-9-21(10-8-20)28-24(16-35)31-17-39-28/h7-10,13-14,17-19,23,25,27,35-36H,11-12,15-16H2,1-6H3. The fraction of sp³-hybridized carbons (Fsp3) is 0.533. The number of Topliss-reactive ketones (excluding diaryl/α,β-unsaturated/α-hetero) is 1. The predicted molar refractivity (Wildman–Crippen MR) is 152 cm³/mol. The molecular weight excluding hydrogens is 512 g/mol. The van der Waals surface area contributed by atoms with E-state index in [1.54, 1.807) is 21.3 Å². The van der Waals surface area contributed by atoms with Crippen molar-refractivity contribution in [3.05, 3.63) is 59.0 Å². The zero-order chi connectivity index (χ0) is 28.5. The highest BCUT2D eigenvalue weighted by Crippen LogP contribution is 2.32. The van der Waals surface area contributed by atoms with Crippen LogP contribution in [0.3, 0.4) is 0 Å². The first-order chi connectivity index (χ1) is 18.4. The second kappa shape index (κ2) is 11.7. The largest absolute Gasteiger partial charge is 0.391 e. The normalized spacial score (nSPS) is 19.5. The Labute approximate surface area is 234 Å². The van der Waals surface area contributed by atoms with Crippen LogP contribution < -0.4 is 0 Å². The van der Waals surface area contributed by atoms with Crippen LogP contribution in [-0.2, 0) is 21.6 Å². The smallest absolute Gasteiger partial charge is 0.248 e. The van der Waals surface area contributed by atoms with Crippen molar-refractivity contribution in [3.63, 3.8) is 0 Å². The number of β-amino-alcohol motifs (C(OH)–C–C–N with tert-alkyl or cyclic N) is 1. The summed E-state index contributed by atoms with van der Waals surface area (Å²) in [6, 6.07) is 6.77. The fourth-order valence-corrected chi connectivity index (χ4v) is 6.06. The van der Waals surface area contributed by atoms with Crippen LogP contribution in [0.4, 0.5) is 0 Å². The van der Waals surface area contributed by atoms with Gasteiger partial charge in [-0.05, 0) is 33.9 Å². The molecular formula is C30H40N4O4S.